The Labute approximate surface area is 293 Å². The van der Waals surface area contributed by atoms with Crippen LogP contribution < -0.4 is 19.1 Å². The Morgan fingerprint density at radius 2 is 1.65 bits per heavy atom. The third-order valence-electron chi connectivity index (χ3n) is 7.59. The molecule has 12 heteroatoms. The van der Waals surface area contributed by atoms with Gasteiger partial charge in [-0.2, -0.15) is 0 Å². The van der Waals surface area contributed by atoms with Gasteiger partial charge in [-0.15, -0.1) is 10.2 Å². The van der Waals surface area contributed by atoms with Crippen molar-refractivity contribution < 1.29 is 28.9 Å². The number of rotatable bonds is 16. The van der Waals surface area contributed by atoms with Crippen molar-refractivity contribution in [2.24, 2.45) is 0 Å². The van der Waals surface area contributed by atoms with Crippen LogP contribution in [0.15, 0.2) is 76.6 Å². The quantitative estimate of drug-likeness (QED) is 0.0305. The number of thioether (sulfide) groups is 1. The standard InChI is InChI=1S/C36H38ClN3O6S2/c1-4-7-19-45-26-16-13-23(14-17-26)32(41)30-31(24-15-18-28(46-20-8-5-2)29(21-24)44-6-3)40(34(43)33(30)42)35-38-39-36(48-35)47-22-25-11-9-10-12-27(25)37/h9-18,21,31,41H,4-8,19-20,22H2,1-3H3/t31-/m0/s1. The zero-order valence-electron chi connectivity index (χ0n) is 27.1. The Kier molecular flexibility index (Phi) is 12.4. The van der Waals surface area contributed by atoms with E-state index in [1.807, 2.05) is 31.2 Å². The zero-order valence-corrected chi connectivity index (χ0v) is 29.5. The van der Waals surface area contributed by atoms with E-state index in [-0.39, 0.29) is 16.5 Å². The molecular formula is C36H38ClN3O6S2. The molecule has 0 aliphatic carbocycles. The molecule has 1 aromatic heterocycles. The summed E-state index contributed by atoms with van der Waals surface area (Å²) in [6.45, 7) is 7.51. The number of aromatic nitrogens is 2. The molecule has 1 aliphatic rings. The Morgan fingerprint density at radius 1 is 0.917 bits per heavy atom. The van der Waals surface area contributed by atoms with Crippen molar-refractivity contribution in [3.05, 3.63) is 94.0 Å². The van der Waals surface area contributed by atoms with Crippen LogP contribution in [0.25, 0.3) is 5.76 Å². The van der Waals surface area contributed by atoms with Crippen molar-refractivity contribution in [3.63, 3.8) is 0 Å². The molecule has 48 heavy (non-hydrogen) atoms. The van der Waals surface area contributed by atoms with Crippen LogP contribution in [0.4, 0.5) is 5.13 Å². The van der Waals surface area contributed by atoms with Crippen molar-refractivity contribution in [2.45, 2.75) is 62.6 Å². The topological polar surface area (TPSA) is 111 Å². The highest BCUT2D eigenvalue weighted by atomic mass is 35.5. The molecule has 0 spiro atoms. The second-order valence-electron chi connectivity index (χ2n) is 11.0. The zero-order chi connectivity index (χ0) is 34.0. The molecule has 5 rings (SSSR count). The average molecular weight is 708 g/mol. The maximum Gasteiger partial charge on any atom is 0.301 e. The van der Waals surface area contributed by atoms with Gasteiger partial charge < -0.3 is 19.3 Å². The van der Waals surface area contributed by atoms with Crippen LogP contribution in [0.5, 0.6) is 17.2 Å². The van der Waals surface area contributed by atoms with Crippen LogP contribution in [-0.4, -0.2) is 46.8 Å². The Balaban J connectivity index is 1.54. The number of nitrogens with zero attached hydrogens (tertiary/aromatic N) is 3. The fourth-order valence-corrected chi connectivity index (χ4v) is 7.22. The van der Waals surface area contributed by atoms with Crippen molar-refractivity contribution in [2.75, 3.05) is 24.7 Å². The predicted octanol–water partition coefficient (Wildman–Crippen LogP) is 8.87. The normalized spacial score (nSPS) is 15.6. The van der Waals surface area contributed by atoms with Crippen LogP contribution >= 0.6 is 34.7 Å². The van der Waals surface area contributed by atoms with E-state index in [9.17, 15) is 14.7 Å². The molecule has 2 heterocycles. The highest BCUT2D eigenvalue weighted by Crippen LogP contribution is 2.46. The first-order chi connectivity index (χ1) is 23.4. The number of unbranched alkanes of at least 4 members (excludes halogenated alkanes) is 2. The maximum absolute atomic E-state index is 13.8. The van der Waals surface area contributed by atoms with Crippen LogP contribution in [0, 0.1) is 0 Å². The molecule has 1 saturated heterocycles. The van der Waals surface area contributed by atoms with Crippen molar-refractivity contribution in [1.82, 2.24) is 10.2 Å². The van der Waals surface area contributed by atoms with E-state index in [0.717, 1.165) is 31.2 Å². The number of aliphatic hydroxyl groups excluding tert-OH is 1. The first kappa shape index (κ1) is 35.3. The fourth-order valence-electron chi connectivity index (χ4n) is 5.07. The smallest absolute Gasteiger partial charge is 0.301 e. The number of aliphatic hydroxyl groups is 1. The van der Waals surface area contributed by atoms with Gasteiger partial charge >= 0.3 is 5.91 Å². The lowest BCUT2D eigenvalue weighted by molar-refractivity contribution is -0.132. The van der Waals surface area contributed by atoms with Crippen LogP contribution in [0.3, 0.4) is 0 Å². The van der Waals surface area contributed by atoms with Gasteiger partial charge in [-0.25, -0.2) is 0 Å². The molecule has 1 amide bonds. The number of anilines is 1. The Hall–Kier alpha value is -4.06. The summed E-state index contributed by atoms with van der Waals surface area (Å²) in [6, 6.07) is 18.6. The van der Waals surface area contributed by atoms with Gasteiger partial charge in [0.15, 0.2) is 15.8 Å². The number of carbonyl (C=O) groups excluding carboxylic acids is 2. The van der Waals surface area contributed by atoms with Crippen LogP contribution in [0.2, 0.25) is 5.02 Å². The summed E-state index contributed by atoms with van der Waals surface area (Å²) in [5.41, 5.74) is 1.79. The molecule has 1 aliphatic heterocycles. The SMILES string of the molecule is CCCCOc1ccc(C(O)=C2C(=O)C(=O)N(c3nnc(SCc4ccccc4Cl)s3)[C@H]2c2ccc(OCCCC)c(OCC)c2)cc1. The van der Waals surface area contributed by atoms with E-state index in [2.05, 4.69) is 24.0 Å². The van der Waals surface area contributed by atoms with E-state index >= 15 is 0 Å². The van der Waals surface area contributed by atoms with Gasteiger partial charge in [-0.1, -0.05) is 85.7 Å². The Bertz CT molecular complexity index is 1760. The minimum Gasteiger partial charge on any atom is -0.507 e. The number of ketones is 1. The lowest BCUT2D eigenvalue weighted by Gasteiger charge is -2.23. The highest BCUT2D eigenvalue weighted by molar-refractivity contribution is 8.00. The predicted molar refractivity (Wildman–Crippen MR) is 191 cm³/mol. The number of carbonyl (C=O) groups is 2. The fraction of sp³-hybridized carbons (Fsp3) is 0.333. The van der Waals surface area contributed by atoms with Gasteiger partial charge in [0.2, 0.25) is 5.13 Å². The molecule has 0 saturated carbocycles. The maximum atomic E-state index is 13.8. The Morgan fingerprint density at radius 3 is 2.35 bits per heavy atom. The minimum absolute atomic E-state index is 0.0674. The van der Waals surface area contributed by atoms with Gasteiger partial charge in [-0.3, -0.25) is 14.5 Å². The summed E-state index contributed by atoms with van der Waals surface area (Å²) in [6.07, 6.45) is 3.78. The monoisotopic (exact) mass is 707 g/mol. The summed E-state index contributed by atoms with van der Waals surface area (Å²) < 4.78 is 18.3. The van der Waals surface area contributed by atoms with E-state index in [1.54, 1.807) is 42.5 Å². The van der Waals surface area contributed by atoms with Gasteiger partial charge in [0.05, 0.1) is 31.4 Å². The first-order valence-electron chi connectivity index (χ1n) is 16.0. The van der Waals surface area contributed by atoms with Crippen LogP contribution in [0.1, 0.15) is 69.2 Å². The van der Waals surface area contributed by atoms with Crippen molar-refractivity contribution in [3.8, 4) is 17.2 Å². The number of hydrogen-bond acceptors (Lipinski definition) is 10. The second-order valence-corrected chi connectivity index (χ2v) is 13.6. The van der Waals surface area contributed by atoms with E-state index < -0.39 is 17.7 Å². The summed E-state index contributed by atoms with van der Waals surface area (Å²) >= 11 is 8.96. The number of ether oxygens (including phenoxy) is 3. The van der Waals surface area contributed by atoms with Gasteiger partial charge in [0.25, 0.3) is 5.78 Å². The molecular weight excluding hydrogens is 670 g/mol. The lowest BCUT2D eigenvalue weighted by Crippen LogP contribution is -2.29. The van der Waals surface area contributed by atoms with E-state index in [1.165, 1.54) is 28.0 Å². The van der Waals surface area contributed by atoms with Crippen molar-refractivity contribution >= 4 is 57.3 Å². The third kappa shape index (κ3) is 8.14. The average Bonchev–Trinajstić information content (AvgIpc) is 3.66. The number of amides is 1. The molecule has 4 aromatic rings. The van der Waals surface area contributed by atoms with Gasteiger partial charge in [0, 0.05) is 16.3 Å². The lowest BCUT2D eigenvalue weighted by atomic mass is 9.95. The van der Waals surface area contributed by atoms with E-state index in [0.29, 0.717) is 63.3 Å². The molecule has 3 aromatic carbocycles. The largest absolute Gasteiger partial charge is 0.507 e. The number of benzene rings is 3. The minimum atomic E-state index is -1.01. The third-order valence-corrected chi connectivity index (χ3v) is 10.1. The van der Waals surface area contributed by atoms with Gasteiger partial charge in [0.1, 0.15) is 11.5 Å². The molecule has 1 atom stereocenters. The number of hydrogen-bond donors (Lipinski definition) is 1. The van der Waals surface area contributed by atoms with E-state index in [4.69, 9.17) is 25.8 Å². The molecule has 1 fully saturated rings. The molecule has 252 valence electrons. The van der Waals surface area contributed by atoms with Gasteiger partial charge in [-0.05, 0) is 73.4 Å². The number of halogens is 1. The highest BCUT2D eigenvalue weighted by Gasteiger charge is 2.48. The first-order valence-corrected chi connectivity index (χ1v) is 18.2. The molecule has 9 nitrogen and oxygen atoms in total. The number of Topliss-reactive ketones (excluding diaryl/α,β-unsaturated/α-hetero) is 1. The molecule has 0 radical (unpaired) electrons. The summed E-state index contributed by atoms with van der Waals surface area (Å²) in [5.74, 6) is 0.264. The van der Waals surface area contributed by atoms with Crippen molar-refractivity contribution in [1.29, 1.82) is 0 Å². The van der Waals surface area contributed by atoms with Crippen LogP contribution in [-0.2, 0) is 15.3 Å². The summed E-state index contributed by atoms with van der Waals surface area (Å²) in [7, 11) is 0. The molecule has 1 N–H and O–H groups in total. The molecule has 0 unspecified atom stereocenters. The molecule has 0 bridgehead atoms. The summed E-state index contributed by atoms with van der Waals surface area (Å²) in [5, 5.41) is 21.2. The second kappa shape index (κ2) is 16.9. The summed E-state index contributed by atoms with van der Waals surface area (Å²) in [4.78, 5) is 28.9.